The first-order valence-corrected chi connectivity index (χ1v) is 10.6. The summed E-state index contributed by atoms with van der Waals surface area (Å²) in [5.74, 6) is -2.56. The average molecular weight is 431 g/mol. The molecule has 0 aromatic carbocycles. The first-order chi connectivity index (χ1) is 14.6. The molecule has 0 radical (unpaired) electrons. The average Bonchev–Trinajstić information content (AvgIpc) is 3.22. The van der Waals surface area contributed by atoms with Gasteiger partial charge in [0.2, 0.25) is 6.79 Å². The van der Waals surface area contributed by atoms with Crippen molar-refractivity contribution < 1.29 is 33.8 Å². The van der Waals surface area contributed by atoms with Crippen molar-refractivity contribution in [1.82, 2.24) is 4.57 Å². The highest BCUT2D eigenvalue weighted by molar-refractivity contribution is 6.27. The van der Waals surface area contributed by atoms with Crippen LogP contribution >= 0.6 is 0 Å². The van der Waals surface area contributed by atoms with E-state index in [2.05, 4.69) is 0 Å². The molecule has 2 heterocycles. The second-order valence-electron chi connectivity index (χ2n) is 9.15. The molecular weight excluding hydrogens is 402 g/mol. The van der Waals surface area contributed by atoms with Gasteiger partial charge in [-0.15, -0.1) is 0 Å². The first-order valence-electron chi connectivity index (χ1n) is 10.6. The van der Waals surface area contributed by atoms with Crippen LogP contribution in [0.4, 0.5) is 0 Å². The normalized spacial score (nSPS) is 18.0. The van der Waals surface area contributed by atoms with Gasteiger partial charge < -0.3 is 19.1 Å². The number of aliphatic hydroxyl groups excluding tert-OH is 1. The van der Waals surface area contributed by atoms with E-state index in [1.807, 2.05) is 0 Å². The fourth-order valence-electron chi connectivity index (χ4n) is 4.17. The third-order valence-corrected chi connectivity index (χ3v) is 5.88. The van der Waals surface area contributed by atoms with Crippen molar-refractivity contribution in [3.8, 4) is 0 Å². The van der Waals surface area contributed by atoms with Crippen LogP contribution in [0, 0.1) is 5.41 Å². The van der Waals surface area contributed by atoms with Crippen LogP contribution in [0.2, 0.25) is 0 Å². The van der Waals surface area contributed by atoms with Crippen molar-refractivity contribution in [3.05, 3.63) is 29.6 Å². The standard InChI is InChI=1S/C23H29NO7/c1-22(2,3)21(29)31-14-30-17(26)10-9-16(25)18-19(27)15-8-7-13-24(15)23(20(18)28)11-5-4-6-12-23/h7-8,13,27H,4-6,9-12,14H2,1-3H3. The van der Waals surface area contributed by atoms with Crippen molar-refractivity contribution in [3.63, 3.8) is 0 Å². The van der Waals surface area contributed by atoms with Crippen LogP contribution in [0.15, 0.2) is 23.9 Å². The molecular formula is C23H29NO7. The zero-order chi connectivity index (χ0) is 22.8. The topological polar surface area (TPSA) is 112 Å². The van der Waals surface area contributed by atoms with Crippen LogP contribution in [0.5, 0.6) is 0 Å². The minimum Gasteiger partial charge on any atom is -0.505 e. The number of nitrogens with zero attached hydrogens (tertiary/aromatic N) is 1. The number of aliphatic hydroxyl groups is 1. The Morgan fingerprint density at radius 1 is 1.10 bits per heavy atom. The molecule has 3 rings (SSSR count). The number of carbonyl (C=O) groups is 4. The molecule has 0 bridgehead atoms. The van der Waals surface area contributed by atoms with Gasteiger partial charge in [0.1, 0.15) is 11.1 Å². The van der Waals surface area contributed by atoms with Crippen LogP contribution in [-0.2, 0) is 34.2 Å². The molecule has 8 heteroatoms. The lowest BCUT2D eigenvalue weighted by molar-refractivity contribution is -0.173. The van der Waals surface area contributed by atoms with Gasteiger partial charge in [0.25, 0.3) is 0 Å². The number of aromatic nitrogens is 1. The summed E-state index contributed by atoms with van der Waals surface area (Å²) in [4.78, 5) is 49.8. The zero-order valence-corrected chi connectivity index (χ0v) is 18.2. The van der Waals surface area contributed by atoms with Crippen LogP contribution in [-0.4, -0.2) is 40.0 Å². The Hall–Kier alpha value is -2.90. The predicted molar refractivity (Wildman–Crippen MR) is 111 cm³/mol. The monoisotopic (exact) mass is 431 g/mol. The molecule has 1 N–H and O–H groups in total. The summed E-state index contributed by atoms with van der Waals surface area (Å²) in [6.45, 7) is 4.48. The number of rotatable bonds is 6. The Balaban J connectivity index is 1.66. The molecule has 1 aromatic heterocycles. The highest BCUT2D eigenvalue weighted by atomic mass is 16.7. The van der Waals surface area contributed by atoms with Crippen molar-refractivity contribution in [2.24, 2.45) is 5.41 Å². The molecule has 8 nitrogen and oxygen atoms in total. The lowest BCUT2D eigenvalue weighted by atomic mass is 9.73. The van der Waals surface area contributed by atoms with Crippen LogP contribution in [0.3, 0.4) is 0 Å². The Morgan fingerprint density at radius 2 is 1.77 bits per heavy atom. The van der Waals surface area contributed by atoms with Crippen molar-refractivity contribution in [2.75, 3.05) is 6.79 Å². The van der Waals surface area contributed by atoms with Crippen molar-refractivity contribution in [1.29, 1.82) is 0 Å². The van der Waals surface area contributed by atoms with Gasteiger partial charge in [-0.2, -0.15) is 0 Å². The number of hydrogen-bond donors (Lipinski definition) is 1. The van der Waals surface area contributed by atoms with Gasteiger partial charge in [-0.05, 0) is 45.7 Å². The van der Waals surface area contributed by atoms with Gasteiger partial charge in [0, 0.05) is 12.6 Å². The minimum atomic E-state index is -0.851. The Morgan fingerprint density at radius 3 is 2.42 bits per heavy atom. The lowest BCUT2D eigenvalue weighted by Crippen LogP contribution is -2.48. The summed E-state index contributed by atoms with van der Waals surface area (Å²) in [6.07, 6.45) is 5.17. The summed E-state index contributed by atoms with van der Waals surface area (Å²) < 4.78 is 11.5. The predicted octanol–water partition coefficient (Wildman–Crippen LogP) is 3.44. The summed E-state index contributed by atoms with van der Waals surface area (Å²) in [7, 11) is 0. The second-order valence-corrected chi connectivity index (χ2v) is 9.15. The maximum Gasteiger partial charge on any atom is 0.314 e. The number of allylic oxidation sites excluding steroid dienone is 1. The van der Waals surface area contributed by atoms with Gasteiger partial charge in [0.05, 0.1) is 17.5 Å². The molecule has 0 atom stereocenters. The van der Waals surface area contributed by atoms with E-state index in [-0.39, 0.29) is 30.0 Å². The van der Waals surface area contributed by atoms with E-state index in [1.165, 1.54) is 0 Å². The summed E-state index contributed by atoms with van der Waals surface area (Å²) in [5.41, 5.74) is -1.36. The number of esters is 2. The molecule has 1 fully saturated rings. The molecule has 31 heavy (non-hydrogen) atoms. The van der Waals surface area contributed by atoms with Crippen molar-refractivity contribution >= 4 is 29.3 Å². The van der Waals surface area contributed by atoms with E-state index in [1.54, 1.807) is 43.7 Å². The number of ether oxygens (including phenoxy) is 2. The molecule has 1 saturated carbocycles. The van der Waals surface area contributed by atoms with Gasteiger partial charge in [0.15, 0.2) is 17.3 Å². The largest absolute Gasteiger partial charge is 0.505 e. The van der Waals surface area contributed by atoms with Crippen LogP contribution in [0.1, 0.15) is 71.4 Å². The molecule has 0 saturated heterocycles. The number of fused-ring (bicyclic) bond motifs is 2. The van der Waals surface area contributed by atoms with Crippen LogP contribution in [0.25, 0.3) is 5.76 Å². The van der Waals surface area contributed by atoms with E-state index in [4.69, 9.17) is 9.47 Å². The van der Waals surface area contributed by atoms with Crippen LogP contribution < -0.4 is 0 Å². The number of ketones is 2. The quantitative estimate of drug-likeness (QED) is 0.417. The summed E-state index contributed by atoms with van der Waals surface area (Å²) >= 11 is 0. The Kier molecular flexibility index (Phi) is 6.38. The molecule has 1 aliphatic carbocycles. The van der Waals surface area contributed by atoms with E-state index in [0.29, 0.717) is 18.5 Å². The third-order valence-electron chi connectivity index (χ3n) is 5.88. The summed E-state index contributed by atoms with van der Waals surface area (Å²) in [6, 6.07) is 3.43. The smallest absolute Gasteiger partial charge is 0.314 e. The second kappa shape index (κ2) is 8.69. The molecule has 0 amide bonds. The molecule has 168 valence electrons. The fourth-order valence-corrected chi connectivity index (χ4v) is 4.17. The van der Waals surface area contributed by atoms with Gasteiger partial charge >= 0.3 is 11.9 Å². The van der Waals surface area contributed by atoms with E-state index < -0.39 is 35.5 Å². The maximum absolute atomic E-state index is 13.4. The lowest BCUT2D eigenvalue weighted by Gasteiger charge is -2.41. The minimum absolute atomic E-state index is 0.236. The highest BCUT2D eigenvalue weighted by Crippen LogP contribution is 2.44. The van der Waals surface area contributed by atoms with Gasteiger partial charge in [-0.1, -0.05) is 19.3 Å². The molecule has 1 aliphatic heterocycles. The molecule has 2 aliphatic rings. The Labute approximate surface area is 181 Å². The highest BCUT2D eigenvalue weighted by Gasteiger charge is 2.49. The van der Waals surface area contributed by atoms with Crippen molar-refractivity contribution in [2.45, 2.75) is 71.3 Å². The molecule has 1 spiro atoms. The van der Waals surface area contributed by atoms with Gasteiger partial charge in [-0.25, -0.2) is 0 Å². The van der Waals surface area contributed by atoms with Gasteiger partial charge in [-0.3, -0.25) is 19.2 Å². The third kappa shape index (κ3) is 4.43. The summed E-state index contributed by atoms with van der Waals surface area (Å²) in [5, 5.41) is 10.7. The van der Waals surface area contributed by atoms with E-state index >= 15 is 0 Å². The van der Waals surface area contributed by atoms with E-state index in [0.717, 1.165) is 19.3 Å². The van der Waals surface area contributed by atoms with E-state index in [9.17, 15) is 24.3 Å². The number of Topliss-reactive ketones (excluding diaryl/α,β-unsaturated/α-hetero) is 2. The molecule has 1 aromatic rings. The molecule has 0 unspecified atom stereocenters. The SMILES string of the molecule is CC(C)(C)C(=O)OCOC(=O)CCC(=O)C1=C(O)c2cccn2C2(CCCCC2)C1=O. The number of carbonyl (C=O) groups excluding carboxylic acids is 4. The Bertz CT molecular complexity index is 926. The zero-order valence-electron chi connectivity index (χ0n) is 18.2. The number of hydrogen-bond acceptors (Lipinski definition) is 7. The maximum atomic E-state index is 13.4. The fraction of sp³-hybridized carbons (Fsp3) is 0.565. The first kappa shape index (κ1) is 22.8.